The molecule has 0 saturated carbocycles. The van der Waals surface area contributed by atoms with E-state index in [0.29, 0.717) is 0 Å². The number of aryl methyl sites for hydroxylation is 1. The monoisotopic (exact) mass is 257 g/mol. The highest BCUT2D eigenvalue weighted by atomic mass is 15.0. The zero-order valence-corrected chi connectivity index (χ0v) is 11.8. The van der Waals surface area contributed by atoms with Gasteiger partial charge in [0, 0.05) is 24.0 Å². The van der Waals surface area contributed by atoms with Gasteiger partial charge < -0.3 is 10.3 Å². The van der Waals surface area contributed by atoms with Gasteiger partial charge in [-0.3, -0.25) is 0 Å². The Kier molecular flexibility index (Phi) is 4.61. The van der Waals surface area contributed by atoms with Crippen LogP contribution in [0, 0.1) is 5.92 Å². The molecule has 2 rings (SSSR count). The predicted molar refractivity (Wildman–Crippen MR) is 80.8 cm³/mol. The SMILES string of the molecule is CC(C)CCCCn1cnc(-c2ccc(N)cc2)c1. The molecular weight excluding hydrogens is 234 g/mol. The van der Waals surface area contributed by atoms with Crippen LogP contribution in [-0.2, 0) is 6.54 Å². The van der Waals surface area contributed by atoms with Crippen LogP contribution in [0.2, 0.25) is 0 Å². The number of hydrogen-bond acceptors (Lipinski definition) is 2. The predicted octanol–water partition coefficient (Wildman–Crippen LogP) is 3.96. The number of nitrogens with two attached hydrogens (primary N) is 1. The van der Waals surface area contributed by atoms with Gasteiger partial charge in [0.05, 0.1) is 12.0 Å². The zero-order valence-electron chi connectivity index (χ0n) is 11.8. The van der Waals surface area contributed by atoms with E-state index in [0.717, 1.165) is 29.4 Å². The van der Waals surface area contributed by atoms with Gasteiger partial charge >= 0.3 is 0 Å². The molecule has 0 radical (unpaired) electrons. The minimum Gasteiger partial charge on any atom is -0.399 e. The molecule has 0 bridgehead atoms. The van der Waals surface area contributed by atoms with Crippen molar-refractivity contribution in [2.45, 2.75) is 39.7 Å². The van der Waals surface area contributed by atoms with E-state index in [4.69, 9.17) is 5.73 Å². The Labute approximate surface area is 115 Å². The molecule has 3 nitrogen and oxygen atoms in total. The lowest BCUT2D eigenvalue weighted by atomic mass is 10.1. The summed E-state index contributed by atoms with van der Waals surface area (Å²) in [5.74, 6) is 0.799. The molecule has 1 aromatic carbocycles. The highest BCUT2D eigenvalue weighted by molar-refractivity contribution is 5.61. The molecule has 0 spiro atoms. The summed E-state index contributed by atoms with van der Waals surface area (Å²) < 4.78 is 2.17. The highest BCUT2D eigenvalue weighted by Crippen LogP contribution is 2.18. The number of nitrogens with zero attached hydrogens (tertiary/aromatic N) is 2. The molecule has 102 valence electrons. The van der Waals surface area contributed by atoms with Gasteiger partial charge in [-0.05, 0) is 24.5 Å². The van der Waals surface area contributed by atoms with E-state index in [-0.39, 0.29) is 0 Å². The van der Waals surface area contributed by atoms with Crippen LogP contribution < -0.4 is 5.73 Å². The Balaban J connectivity index is 1.90. The van der Waals surface area contributed by atoms with Crippen LogP contribution in [0.3, 0.4) is 0 Å². The van der Waals surface area contributed by atoms with Gasteiger partial charge in [-0.1, -0.05) is 38.8 Å². The normalized spacial score (nSPS) is 11.1. The summed E-state index contributed by atoms with van der Waals surface area (Å²) in [5, 5.41) is 0. The van der Waals surface area contributed by atoms with Gasteiger partial charge in [0.25, 0.3) is 0 Å². The van der Waals surface area contributed by atoms with E-state index in [2.05, 4.69) is 29.6 Å². The first kappa shape index (κ1) is 13.7. The van der Waals surface area contributed by atoms with E-state index in [1.807, 2.05) is 30.6 Å². The minimum absolute atomic E-state index is 0.789. The fourth-order valence-electron chi connectivity index (χ4n) is 2.13. The van der Waals surface area contributed by atoms with Crippen molar-refractivity contribution in [2.24, 2.45) is 5.92 Å². The molecule has 0 saturated heterocycles. The maximum Gasteiger partial charge on any atom is 0.0953 e. The van der Waals surface area contributed by atoms with E-state index < -0.39 is 0 Å². The van der Waals surface area contributed by atoms with E-state index in [1.54, 1.807) is 0 Å². The number of hydrogen-bond donors (Lipinski definition) is 1. The summed E-state index contributed by atoms with van der Waals surface area (Å²) in [4.78, 5) is 4.45. The van der Waals surface area contributed by atoms with Crippen LogP contribution in [0.5, 0.6) is 0 Å². The van der Waals surface area contributed by atoms with Crippen LogP contribution in [-0.4, -0.2) is 9.55 Å². The van der Waals surface area contributed by atoms with Gasteiger partial charge in [-0.2, -0.15) is 0 Å². The Hall–Kier alpha value is -1.77. The van der Waals surface area contributed by atoms with Crippen molar-refractivity contribution in [3.63, 3.8) is 0 Å². The zero-order chi connectivity index (χ0) is 13.7. The average molecular weight is 257 g/mol. The molecule has 0 unspecified atom stereocenters. The van der Waals surface area contributed by atoms with Crippen LogP contribution in [0.1, 0.15) is 33.1 Å². The van der Waals surface area contributed by atoms with Gasteiger partial charge in [0.1, 0.15) is 0 Å². The summed E-state index contributed by atoms with van der Waals surface area (Å²) in [6, 6.07) is 7.86. The third-order valence-electron chi connectivity index (χ3n) is 3.29. The number of anilines is 1. The fourth-order valence-corrected chi connectivity index (χ4v) is 2.13. The molecule has 0 amide bonds. The Morgan fingerprint density at radius 1 is 1.16 bits per heavy atom. The molecule has 0 aliphatic heterocycles. The number of rotatable bonds is 6. The molecule has 2 aromatic rings. The van der Waals surface area contributed by atoms with E-state index >= 15 is 0 Å². The molecule has 0 atom stereocenters. The lowest BCUT2D eigenvalue weighted by Gasteiger charge is -2.04. The van der Waals surface area contributed by atoms with Crippen molar-refractivity contribution in [1.29, 1.82) is 0 Å². The standard InChI is InChI=1S/C16H23N3/c1-13(2)5-3-4-10-19-11-16(18-12-19)14-6-8-15(17)9-7-14/h6-9,11-13H,3-5,10,17H2,1-2H3. The first-order chi connectivity index (χ1) is 9.15. The Morgan fingerprint density at radius 2 is 1.89 bits per heavy atom. The van der Waals surface area contributed by atoms with Gasteiger partial charge in [-0.15, -0.1) is 0 Å². The summed E-state index contributed by atoms with van der Waals surface area (Å²) in [7, 11) is 0. The number of imidazole rings is 1. The number of aromatic nitrogens is 2. The van der Waals surface area contributed by atoms with Crippen LogP contribution in [0.15, 0.2) is 36.8 Å². The second-order valence-electron chi connectivity index (χ2n) is 5.51. The van der Waals surface area contributed by atoms with Gasteiger partial charge in [-0.25, -0.2) is 4.98 Å². The molecule has 1 heterocycles. The molecular formula is C16H23N3. The van der Waals surface area contributed by atoms with E-state index in [9.17, 15) is 0 Å². The lowest BCUT2D eigenvalue weighted by Crippen LogP contribution is -1.95. The first-order valence-corrected chi connectivity index (χ1v) is 7.03. The molecule has 1 aromatic heterocycles. The first-order valence-electron chi connectivity index (χ1n) is 7.03. The van der Waals surface area contributed by atoms with Crippen LogP contribution >= 0.6 is 0 Å². The van der Waals surface area contributed by atoms with Crippen molar-refractivity contribution in [1.82, 2.24) is 9.55 Å². The van der Waals surface area contributed by atoms with Crippen LogP contribution in [0.4, 0.5) is 5.69 Å². The fraction of sp³-hybridized carbons (Fsp3) is 0.438. The molecule has 2 N–H and O–H groups in total. The number of nitrogen functional groups attached to an aromatic ring is 1. The maximum atomic E-state index is 5.69. The minimum atomic E-state index is 0.789. The second kappa shape index (κ2) is 6.41. The molecule has 0 aliphatic rings. The van der Waals surface area contributed by atoms with Gasteiger partial charge in [0.2, 0.25) is 0 Å². The molecule has 3 heteroatoms. The summed E-state index contributed by atoms with van der Waals surface area (Å²) in [6.07, 6.45) is 7.84. The summed E-state index contributed by atoms with van der Waals surface area (Å²) >= 11 is 0. The Morgan fingerprint density at radius 3 is 2.58 bits per heavy atom. The van der Waals surface area contributed by atoms with Crippen molar-refractivity contribution < 1.29 is 0 Å². The molecule has 0 fully saturated rings. The molecule has 19 heavy (non-hydrogen) atoms. The lowest BCUT2D eigenvalue weighted by molar-refractivity contribution is 0.509. The van der Waals surface area contributed by atoms with Gasteiger partial charge in [0.15, 0.2) is 0 Å². The third kappa shape index (κ3) is 4.12. The third-order valence-corrected chi connectivity index (χ3v) is 3.29. The number of unbranched alkanes of at least 4 members (excludes halogenated alkanes) is 1. The van der Waals surface area contributed by atoms with Crippen molar-refractivity contribution in [3.05, 3.63) is 36.8 Å². The summed E-state index contributed by atoms with van der Waals surface area (Å²) in [6.45, 7) is 5.60. The Bertz CT molecular complexity index is 497. The van der Waals surface area contributed by atoms with Crippen molar-refractivity contribution >= 4 is 5.69 Å². The van der Waals surface area contributed by atoms with Crippen molar-refractivity contribution in [2.75, 3.05) is 5.73 Å². The molecule has 0 aliphatic carbocycles. The quantitative estimate of drug-likeness (QED) is 0.629. The second-order valence-corrected chi connectivity index (χ2v) is 5.51. The van der Waals surface area contributed by atoms with Crippen molar-refractivity contribution in [3.8, 4) is 11.3 Å². The van der Waals surface area contributed by atoms with Crippen LogP contribution in [0.25, 0.3) is 11.3 Å². The number of benzene rings is 1. The highest BCUT2D eigenvalue weighted by Gasteiger charge is 2.02. The smallest absolute Gasteiger partial charge is 0.0953 e. The summed E-state index contributed by atoms with van der Waals surface area (Å²) in [5.41, 5.74) is 8.62. The topological polar surface area (TPSA) is 43.8 Å². The van der Waals surface area contributed by atoms with E-state index in [1.165, 1.54) is 19.3 Å². The average Bonchev–Trinajstić information content (AvgIpc) is 2.84. The maximum absolute atomic E-state index is 5.69. The largest absolute Gasteiger partial charge is 0.399 e.